The lowest BCUT2D eigenvalue weighted by molar-refractivity contribution is -0.130. The summed E-state index contributed by atoms with van der Waals surface area (Å²) >= 11 is 6.17. The summed E-state index contributed by atoms with van der Waals surface area (Å²) in [6.07, 6.45) is 0.339. The minimum atomic E-state index is 0.108. The quantitative estimate of drug-likeness (QED) is 0.823. The number of aryl methyl sites for hydroxylation is 1. The zero-order valence-electron chi connectivity index (χ0n) is 15.4. The molecule has 2 aromatic rings. The molecule has 1 fully saturated rings. The summed E-state index contributed by atoms with van der Waals surface area (Å²) in [7, 11) is 3.94. The van der Waals surface area contributed by atoms with Crippen LogP contribution in [0.4, 0.5) is 11.8 Å². The van der Waals surface area contributed by atoms with Crippen molar-refractivity contribution in [2.24, 2.45) is 0 Å². The third-order valence-corrected chi connectivity index (χ3v) is 4.87. The van der Waals surface area contributed by atoms with Crippen molar-refractivity contribution in [1.82, 2.24) is 14.9 Å². The standard InChI is InChI=1S/C19H24ClN5O/c1-14-12-17(23(2)3)22-19(21-14)25-10-8-24(9-11-25)18(26)13-15-6-4-5-7-16(15)20/h4-7,12H,8-11,13H2,1-3H3. The van der Waals surface area contributed by atoms with Gasteiger partial charge in [0.25, 0.3) is 0 Å². The van der Waals surface area contributed by atoms with Crippen LogP contribution in [0.15, 0.2) is 30.3 Å². The molecule has 0 aliphatic carbocycles. The van der Waals surface area contributed by atoms with Gasteiger partial charge >= 0.3 is 0 Å². The van der Waals surface area contributed by atoms with E-state index in [4.69, 9.17) is 11.6 Å². The van der Waals surface area contributed by atoms with E-state index in [1.807, 2.05) is 61.2 Å². The Bertz CT molecular complexity index is 787. The van der Waals surface area contributed by atoms with E-state index < -0.39 is 0 Å². The predicted molar refractivity (Wildman–Crippen MR) is 105 cm³/mol. The number of hydrogen-bond acceptors (Lipinski definition) is 5. The molecular weight excluding hydrogens is 350 g/mol. The second-order valence-corrected chi connectivity index (χ2v) is 7.11. The van der Waals surface area contributed by atoms with E-state index in [-0.39, 0.29) is 5.91 Å². The summed E-state index contributed by atoms with van der Waals surface area (Å²) in [5, 5.41) is 0.642. The maximum Gasteiger partial charge on any atom is 0.227 e. The second-order valence-electron chi connectivity index (χ2n) is 6.70. The number of carbonyl (C=O) groups is 1. The molecule has 0 bridgehead atoms. The fourth-order valence-corrected chi connectivity index (χ4v) is 3.18. The first-order chi connectivity index (χ1) is 12.4. The largest absolute Gasteiger partial charge is 0.363 e. The van der Waals surface area contributed by atoms with Gasteiger partial charge in [-0.3, -0.25) is 4.79 Å². The maximum atomic E-state index is 12.6. The molecule has 0 unspecified atom stereocenters. The summed E-state index contributed by atoms with van der Waals surface area (Å²) < 4.78 is 0. The molecule has 3 rings (SSSR count). The summed E-state index contributed by atoms with van der Waals surface area (Å²) in [6, 6.07) is 9.47. The van der Waals surface area contributed by atoms with E-state index in [1.54, 1.807) is 0 Å². The lowest BCUT2D eigenvalue weighted by Gasteiger charge is -2.35. The Balaban J connectivity index is 1.62. The van der Waals surface area contributed by atoms with Crippen LogP contribution in [0, 0.1) is 6.92 Å². The Morgan fingerprint density at radius 1 is 1.15 bits per heavy atom. The Hall–Kier alpha value is -2.34. The van der Waals surface area contributed by atoms with Crippen molar-refractivity contribution in [3.8, 4) is 0 Å². The lowest BCUT2D eigenvalue weighted by atomic mass is 10.1. The van der Waals surface area contributed by atoms with Gasteiger partial charge in [-0.1, -0.05) is 29.8 Å². The van der Waals surface area contributed by atoms with Crippen LogP contribution in [0.25, 0.3) is 0 Å². The van der Waals surface area contributed by atoms with Crippen molar-refractivity contribution in [1.29, 1.82) is 0 Å². The van der Waals surface area contributed by atoms with E-state index in [0.717, 1.165) is 36.1 Å². The van der Waals surface area contributed by atoms with Gasteiger partial charge in [-0.2, -0.15) is 4.98 Å². The third kappa shape index (κ3) is 4.25. The summed E-state index contributed by atoms with van der Waals surface area (Å²) in [5.74, 6) is 1.73. The molecule has 0 spiro atoms. The highest BCUT2D eigenvalue weighted by molar-refractivity contribution is 6.31. The highest BCUT2D eigenvalue weighted by Crippen LogP contribution is 2.19. The Morgan fingerprint density at radius 2 is 1.85 bits per heavy atom. The number of nitrogens with zero attached hydrogens (tertiary/aromatic N) is 5. The van der Waals surface area contributed by atoms with Crippen molar-refractivity contribution in [2.45, 2.75) is 13.3 Å². The normalized spacial score (nSPS) is 14.5. The topological polar surface area (TPSA) is 52.6 Å². The van der Waals surface area contributed by atoms with E-state index in [0.29, 0.717) is 24.5 Å². The molecule has 0 N–H and O–H groups in total. The minimum absolute atomic E-state index is 0.108. The summed E-state index contributed by atoms with van der Waals surface area (Å²) in [6.45, 7) is 4.76. The number of amides is 1. The zero-order valence-corrected chi connectivity index (χ0v) is 16.2. The molecule has 1 aromatic heterocycles. The highest BCUT2D eigenvalue weighted by Gasteiger charge is 2.23. The number of carbonyl (C=O) groups excluding carboxylic acids is 1. The van der Waals surface area contributed by atoms with Crippen LogP contribution < -0.4 is 9.80 Å². The summed E-state index contributed by atoms with van der Waals surface area (Å²) in [4.78, 5) is 27.8. The van der Waals surface area contributed by atoms with Crippen molar-refractivity contribution < 1.29 is 4.79 Å². The van der Waals surface area contributed by atoms with Crippen molar-refractivity contribution in [2.75, 3.05) is 50.1 Å². The van der Waals surface area contributed by atoms with Crippen LogP contribution in [0.5, 0.6) is 0 Å². The van der Waals surface area contributed by atoms with Gasteiger partial charge in [-0.05, 0) is 18.6 Å². The van der Waals surface area contributed by atoms with Crippen LogP contribution in [0.2, 0.25) is 5.02 Å². The molecule has 1 saturated heterocycles. The van der Waals surface area contributed by atoms with E-state index in [2.05, 4.69) is 14.9 Å². The van der Waals surface area contributed by atoms with Gasteiger partial charge in [0.2, 0.25) is 11.9 Å². The van der Waals surface area contributed by atoms with Crippen LogP contribution in [0.1, 0.15) is 11.3 Å². The molecule has 1 aliphatic heterocycles. The molecule has 138 valence electrons. The van der Waals surface area contributed by atoms with Gasteiger partial charge < -0.3 is 14.7 Å². The fraction of sp³-hybridized carbons (Fsp3) is 0.421. The first-order valence-electron chi connectivity index (χ1n) is 8.73. The highest BCUT2D eigenvalue weighted by atomic mass is 35.5. The van der Waals surface area contributed by atoms with Crippen LogP contribution in [-0.2, 0) is 11.2 Å². The molecule has 0 radical (unpaired) electrons. The maximum absolute atomic E-state index is 12.6. The lowest BCUT2D eigenvalue weighted by Crippen LogP contribution is -2.49. The SMILES string of the molecule is Cc1cc(N(C)C)nc(N2CCN(C(=O)Cc3ccccc3Cl)CC2)n1. The molecule has 2 heterocycles. The van der Waals surface area contributed by atoms with Crippen LogP contribution in [0.3, 0.4) is 0 Å². The summed E-state index contributed by atoms with van der Waals surface area (Å²) in [5.41, 5.74) is 1.81. The minimum Gasteiger partial charge on any atom is -0.363 e. The zero-order chi connectivity index (χ0) is 18.7. The van der Waals surface area contributed by atoms with Gasteiger partial charge in [-0.25, -0.2) is 4.98 Å². The van der Waals surface area contributed by atoms with Gasteiger partial charge in [-0.15, -0.1) is 0 Å². The smallest absolute Gasteiger partial charge is 0.227 e. The van der Waals surface area contributed by atoms with E-state index >= 15 is 0 Å². The monoisotopic (exact) mass is 373 g/mol. The average molecular weight is 374 g/mol. The van der Waals surface area contributed by atoms with E-state index in [1.165, 1.54) is 0 Å². The van der Waals surface area contributed by atoms with Gasteiger partial charge in [0.1, 0.15) is 5.82 Å². The molecule has 7 heteroatoms. The molecule has 1 amide bonds. The Labute approximate surface area is 159 Å². The van der Waals surface area contributed by atoms with Crippen molar-refractivity contribution in [3.63, 3.8) is 0 Å². The molecule has 1 aromatic carbocycles. The number of benzene rings is 1. The van der Waals surface area contributed by atoms with Crippen molar-refractivity contribution in [3.05, 3.63) is 46.6 Å². The Kier molecular flexibility index (Phi) is 5.61. The number of anilines is 2. The molecule has 0 atom stereocenters. The van der Waals surface area contributed by atoms with Crippen LogP contribution in [-0.4, -0.2) is 61.0 Å². The molecule has 26 heavy (non-hydrogen) atoms. The van der Waals surface area contributed by atoms with Gasteiger partial charge in [0.15, 0.2) is 0 Å². The fourth-order valence-electron chi connectivity index (χ4n) is 2.98. The van der Waals surface area contributed by atoms with Gasteiger partial charge in [0.05, 0.1) is 6.42 Å². The Morgan fingerprint density at radius 3 is 2.50 bits per heavy atom. The average Bonchev–Trinajstić information content (AvgIpc) is 2.63. The van der Waals surface area contributed by atoms with Crippen LogP contribution >= 0.6 is 11.6 Å². The molecular formula is C19H24ClN5O. The van der Waals surface area contributed by atoms with Gasteiger partial charge in [0, 0.05) is 57.1 Å². The number of hydrogen-bond donors (Lipinski definition) is 0. The number of halogens is 1. The third-order valence-electron chi connectivity index (χ3n) is 4.50. The molecule has 0 saturated carbocycles. The number of aromatic nitrogens is 2. The number of piperazine rings is 1. The predicted octanol–water partition coefficient (Wildman–Crippen LogP) is 2.40. The first kappa shape index (κ1) is 18.5. The van der Waals surface area contributed by atoms with E-state index in [9.17, 15) is 4.79 Å². The number of rotatable bonds is 4. The first-order valence-corrected chi connectivity index (χ1v) is 9.11. The molecule has 1 aliphatic rings. The second kappa shape index (κ2) is 7.91. The van der Waals surface area contributed by atoms with Crippen molar-refractivity contribution >= 4 is 29.3 Å². The molecule has 6 nitrogen and oxygen atoms in total.